The van der Waals surface area contributed by atoms with Gasteiger partial charge in [-0.2, -0.15) is 0 Å². The SMILES string of the molecule is CN(C)CC(C)(O)CNC(=O)NCCc1cc(F)c(F)c(F)c1. The Bertz CT molecular complexity index is 528. The summed E-state index contributed by atoms with van der Waals surface area (Å²) < 4.78 is 38.9. The normalized spacial score (nSPS) is 13.7. The van der Waals surface area contributed by atoms with E-state index in [4.69, 9.17) is 0 Å². The number of halogens is 3. The first-order valence-corrected chi connectivity index (χ1v) is 7.13. The van der Waals surface area contributed by atoms with E-state index in [0.717, 1.165) is 12.1 Å². The number of hydrogen-bond donors (Lipinski definition) is 3. The third-order valence-electron chi connectivity index (χ3n) is 3.03. The minimum atomic E-state index is -1.51. The molecule has 1 unspecified atom stereocenters. The van der Waals surface area contributed by atoms with Crippen molar-refractivity contribution in [3.05, 3.63) is 35.1 Å². The number of urea groups is 1. The number of amides is 2. The first-order chi connectivity index (χ1) is 10.6. The van der Waals surface area contributed by atoms with Gasteiger partial charge in [0.15, 0.2) is 17.5 Å². The van der Waals surface area contributed by atoms with E-state index in [2.05, 4.69) is 10.6 Å². The number of benzene rings is 1. The Labute approximate surface area is 133 Å². The van der Waals surface area contributed by atoms with Crippen molar-refractivity contribution >= 4 is 6.03 Å². The standard InChI is InChI=1S/C15H22F3N3O2/c1-15(23,9-21(2)3)8-20-14(22)19-5-4-10-6-11(16)13(18)12(17)7-10/h6-7,23H,4-5,8-9H2,1-3H3,(H2,19,20,22). The molecule has 8 heteroatoms. The fraction of sp³-hybridized carbons (Fsp3) is 0.533. The maximum atomic E-state index is 13.0. The van der Waals surface area contributed by atoms with Crippen molar-refractivity contribution in [2.75, 3.05) is 33.7 Å². The van der Waals surface area contributed by atoms with Crippen molar-refractivity contribution < 1.29 is 23.1 Å². The Morgan fingerprint density at radius 2 is 1.78 bits per heavy atom. The predicted octanol–water partition coefficient (Wildman–Crippen LogP) is 1.26. The van der Waals surface area contributed by atoms with E-state index in [1.165, 1.54) is 0 Å². The molecule has 0 bridgehead atoms. The van der Waals surface area contributed by atoms with Crippen LogP contribution < -0.4 is 10.6 Å². The lowest BCUT2D eigenvalue weighted by Crippen LogP contribution is -2.49. The summed E-state index contributed by atoms with van der Waals surface area (Å²) in [5, 5.41) is 15.0. The number of hydrogen-bond acceptors (Lipinski definition) is 3. The first kappa shape index (κ1) is 19.2. The average molecular weight is 333 g/mol. The Kier molecular flexibility index (Phi) is 6.83. The van der Waals surface area contributed by atoms with Crippen LogP contribution in [0.4, 0.5) is 18.0 Å². The molecule has 3 N–H and O–H groups in total. The van der Waals surface area contributed by atoms with E-state index in [0.29, 0.717) is 6.54 Å². The van der Waals surface area contributed by atoms with Crippen LogP contribution in [0.25, 0.3) is 0 Å². The summed E-state index contributed by atoms with van der Waals surface area (Å²) in [6, 6.07) is 1.27. The van der Waals surface area contributed by atoms with Gasteiger partial charge in [-0.25, -0.2) is 18.0 Å². The third-order valence-corrected chi connectivity index (χ3v) is 3.03. The molecule has 5 nitrogen and oxygen atoms in total. The van der Waals surface area contributed by atoms with Crippen LogP contribution in [0, 0.1) is 17.5 Å². The van der Waals surface area contributed by atoms with E-state index < -0.39 is 29.1 Å². The third kappa shape index (κ3) is 6.87. The van der Waals surface area contributed by atoms with Gasteiger partial charge in [-0.05, 0) is 45.1 Å². The molecule has 0 radical (unpaired) electrons. The molecule has 0 aliphatic rings. The summed E-state index contributed by atoms with van der Waals surface area (Å²) in [6.45, 7) is 2.14. The van der Waals surface area contributed by atoms with E-state index >= 15 is 0 Å². The highest BCUT2D eigenvalue weighted by Crippen LogP contribution is 2.13. The summed E-state index contributed by atoms with van der Waals surface area (Å²) >= 11 is 0. The van der Waals surface area contributed by atoms with Crippen LogP contribution in [0.1, 0.15) is 12.5 Å². The molecule has 0 aliphatic heterocycles. The number of likely N-dealkylation sites (N-methyl/N-ethyl adjacent to an activating group) is 1. The lowest BCUT2D eigenvalue weighted by Gasteiger charge is -2.27. The van der Waals surface area contributed by atoms with Gasteiger partial charge in [0.25, 0.3) is 0 Å². The maximum absolute atomic E-state index is 13.0. The lowest BCUT2D eigenvalue weighted by molar-refractivity contribution is 0.0360. The molecule has 1 aromatic carbocycles. The second-order valence-corrected chi connectivity index (χ2v) is 5.97. The fourth-order valence-electron chi connectivity index (χ4n) is 2.14. The molecule has 1 atom stereocenters. The van der Waals surface area contributed by atoms with Gasteiger partial charge in [0.2, 0.25) is 0 Å². The molecule has 130 valence electrons. The summed E-state index contributed by atoms with van der Waals surface area (Å²) in [5.74, 6) is -4.03. The van der Waals surface area contributed by atoms with Gasteiger partial charge in [-0.3, -0.25) is 0 Å². The number of nitrogens with one attached hydrogen (secondary N) is 2. The van der Waals surface area contributed by atoms with Gasteiger partial charge >= 0.3 is 6.03 Å². The second kappa shape index (κ2) is 8.16. The van der Waals surface area contributed by atoms with E-state index in [9.17, 15) is 23.1 Å². The molecule has 0 aliphatic carbocycles. The molecular weight excluding hydrogens is 311 g/mol. The topological polar surface area (TPSA) is 64.6 Å². The highest BCUT2D eigenvalue weighted by atomic mass is 19.2. The first-order valence-electron chi connectivity index (χ1n) is 7.13. The number of aliphatic hydroxyl groups is 1. The van der Waals surface area contributed by atoms with Crippen LogP contribution in [0.5, 0.6) is 0 Å². The Morgan fingerprint density at radius 3 is 2.30 bits per heavy atom. The second-order valence-electron chi connectivity index (χ2n) is 5.97. The molecule has 0 aromatic heterocycles. The molecular formula is C15H22F3N3O2. The smallest absolute Gasteiger partial charge is 0.314 e. The van der Waals surface area contributed by atoms with Gasteiger partial charge < -0.3 is 20.6 Å². The van der Waals surface area contributed by atoms with Crippen molar-refractivity contribution in [3.63, 3.8) is 0 Å². The van der Waals surface area contributed by atoms with Crippen LogP contribution in [0.2, 0.25) is 0 Å². The summed E-state index contributed by atoms with van der Waals surface area (Å²) in [7, 11) is 3.60. The summed E-state index contributed by atoms with van der Waals surface area (Å²) in [4.78, 5) is 13.4. The van der Waals surface area contributed by atoms with Crippen molar-refractivity contribution in [3.8, 4) is 0 Å². The number of nitrogens with zero attached hydrogens (tertiary/aromatic N) is 1. The zero-order valence-corrected chi connectivity index (χ0v) is 13.4. The molecule has 0 saturated carbocycles. The Balaban J connectivity index is 2.37. The van der Waals surface area contributed by atoms with Crippen molar-refractivity contribution in [2.24, 2.45) is 0 Å². The zero-order chi connectivity index (χ0) is 17.6. The number of rotatable bonds is 7. The number of carbonyl (C=O) groups is 1. The largest absolute Gasteiger partial charge is 0.387 e. The monoisotopic (exact) mass is 333 g/mol. The van der Waals surface area contributed by atoms with E-state index in [1.54, 1.807) is 25.9 Å². The highest BCUT2D eigenvalue weighted by Gasteiger charge is 2.21. The number of carbonyl (C=O) groups excluding carboxylic acids is 1. The lowest BCUT2D eigenvalue weighted by atomic mass is 10.1. The van der Waals surface area contributed by atoms with E-state index in [-0.39, 0.29) is 25.1 Å². The summed E-state index contributed by atoms with van der Waals surface area (Å²) in [6.07, 6.45) is 0.148. The minimum Gasteiger partial charge on any atom is -0.387 e. The van der Waals surface area contributed by atoms with Gasteiger partial charge in [-0.15, -0.1) is 0 Å². The fourth-order valence-corrected chi connectivity index (χ4v) is 2.14. The molecule has 23 heavy (non-hydrogen) atoms. The Hall–Kier alpha value is -1.80. The molecule has 1 rings (SSSR count). The van der Waals surface area contributed by atoms with Crippen molar-refractivity contribution in [1.82, 2.24) is 15.5 Å². The van der Waals surface area contributed by atoms with Crippen LogP contribution in [0.15, 0.2) is 12.1 Å². The molecule has 0 saturated heterocycles. The minimum absolute atomic E-state index is 0.0524. The average Bonchev–Trinajstić information content (AvgIpc) is 2.41. The Morgan fingerprint density at radius 1 is 1.22 bits per heavy atom. The molecule has 1 aromatic rings. The van der Waals surface area contributed by atoms with E-state index in [1.807, 2.05) is 0 Å². The molecule has 2 amide bonds. The van der Waals surface area contributed by atoms with Crippen LogP contribution >= 0.6 is 0 Å². The summed E-state index contributed by atoms with van der Waals surface area (Å²) in [5.41, 5.74) is -0.842. The van der Waals surface area contributed by atoms with Gasteiger partial charge in [0.1, 0.15) is 0 Å². The quantitative estimate of drug-likeness (QED) is 0.658. The van der Waals surface area contributed by atoms with Gasteiger partial charge in [0, 0.05) is 19.6 Å². The van der Waals surface area contributed by atoms with Crippen LogP contribution in [-0.4, -0.2) is 55.4 Å². The van der Waals surface area contributed by atoms with Gasteiger partial charge in [-0.1, -0.05) is 0 Å². The van der Waals surface area contributed by atoms with Crippen molar-refractivity contribution in [1.29, 1.82) is 0 Å². The molecule has 0 spiro atoms. The maximum Gasteiger partial charge on any atom is 0.314 e. The molecule has 0 heterocycles. The van der Waals surface area contributed by atoms with Crippen LogP contribution in [0.3, 0.4) is 0 Å². The van der Waals surface area contributed by atoms with Crippen molar-refractivity contribution in [2.45, 2.75) is 18.9 Å². The van der Waals surface area contributed by atoms with Crippen LogP contribution in [-0.2, 0) is 6.42 Å². The van der Waals surface area contributed by atoms with Gasteiger partial charge in [0.05, 0.1) is 5.60 Å². The predicted molar refractivity (Wildman–Crippen MR) is 80.6 cm³/mol. The zero-order valence-electron chi connectivity index (χ0n) is 13.4. The molecule has 0 fully saturated rings. The highest BCUT2D eigenvalue weighted by molar-refractivity contribution is 5.73.